The number of nitrogens with one attached hydrogen (secondary N) is 1. The molecule has 0 saturated heterocycles. The smallest absolute Gasteiger partial charge is 0.265 e. The molecule has 1 amide bonds. The molecule has 3 N–H and O–H groups in total. The lowest BCUT2D eigenvalue weighted by Gasteiger charge is -2.15. The summed E-state index contributed by atoms with van der Waals surface area (Å²) in [5.74, 6) is 0.242. The zero-order valence-electron chi connectivity index (χ0n) is 10.8. The van der Waals surface area contributed by atoms with Gasteiger partial charge in [-0.05, 0) is 41.1 Å². The number of para-hydroxylation sites is 2. The first kappa shape index (κ1) is 14.3. The molecule has 0 fully saturated rings. The third-order valence-corrected chi connectivity index (χ3v) is 3.01. The zero-order chi connectivity index (χ0) is 14.5. The maximum absolute atomic E-state index is 12.0. The number of aromatic nitrogens is 1. The van der Waals surface area contributed by atoms with E-state index in [0.29, 0.717) is 17.1 Å². The third-order valence-electron chi connectivity index (χ3n) is 2.58. The number of nitrogens with two attached hydrogens (primary N) is 1. The molecule has 0 aliphatic carbocycles. The van der Waals surface area contributed by atoms with Crippen molar-refractivity contribution in [1.82, 2.24) is 4.98 Å². The van der Waals surface area contributed by atoms with Gasteiger partial charge >= 0.3 is 0 Å². The highest BCUT2D eigenvalue weighted by atomic mass is 79.9. The van der Waals surface area contributed by atoms with E-state index in [4.69, 9.17) is 10.5 Å². The van der Waals surface area contributed by atoms with E-state index < -0.39 is 6.10 Å². The van der Waals surface area contributed by atoms with Gasteiger partial charge in [0.2, 0.25) is 0 Å². The second-order valence-corrected chi connectivity index (χ2v) is 5.09. The number of nitrogen functional groups attached to an aromatic ring is 1. The van der Waals surface area contributed by atoms with Crippen LogP contribution in [0.25, 0.3) is 0 Å². The number of nitrogens with zero attached hydrogens (tertiary/aromatic N) is 1. The van der Waals surface area contributed by atoms with Crippen LogP contribution in [0.2, 0.25) is 0 Å². The Hall–Kier alpha value is -2.08. The van der Waals surface area contributed by atoms with Crippen molar-refractivity contribution in [2.24, 2.45) is 0 Å². The predicted octanol–water partition coefficient (Wildman–Crippen LogP) is 2.83. The maximum Gasteiger partial charge on any atom is 0.265 e. The molecule has 5 nitrogen and oxygen atoms in total. The van der Waals surface area contributed by atoms with E-state index in [1.54, 1.807) is 49.6 Å². The summed E-state index contributed by atoms with van der Waals surface area (Å²) in [5.41, 5.74) is 6.85. The highest BCUT2D eigenvalue weighted by Gasteiger charge is 2.16. The first-order valence-electron chi connectivity index (χ1n) is 5.99. The van der Waals surface area contributed by atoms with Crippen molar-refractivity contribution >= 4 is 33.2 Å². The molecule has 6 heteroatoms. The van der Waals surface area contributed by atoms with Gasteiger partial charge in [-0.1, -0.05) is 12.1 Å². The fourth-order valence-electron chi connectivity index (χ4n) is 1.56. The van der Waals surface area contributed by atoms with Crippen LogP contribution in [0.5, 0.6) is 5.75 Å². The van der Waals surface area contributed by atoms with Crippen LogP contribution in [0.1, 0.15) is 6.92 Å². The molecule has 2 rings (SSSR count). The summed E-state index contributed by atoms with van der Waals surface area (Å²) in [4.78, 5) is 16.0. The number of anilines is 2. The van der Waals surface area contributed by atoms with Crippen molar-refractivity contribution in [3.8, 4) is 5.75 Å². The van der Waals surface area contributed by atoms with Crippen LogP contribution in [0.3, 0.4) is 0 Å². The summed E-state index contributed by atoms with van der Waals surface area (Å²) in [6, 6.07) is 8.81. The Morgan fingerprint density at radius 1 is 1.40 bits per heavy atom. The number of halogens is 1. The number of benzene rings is 1. The number of rotatable bonds is 4. The number of hydrogen-bond acceptors (Lipinski definition) is 4. The second kappa shape index (κ2) is 6.38. The second-order valence-electron chi connectivity index (χ2n) is 4.18. The van der Waals surface area contributed by atoms with E-state index in [1.807, 2.05) is 0 Å². The lowest BCUT2D eigenvalue weighted by atomic mass is 10.2. The van der Waals surface area contributed by atoms with Gasteiger partial charge < -0.3 is 15.8 Å². The van der Waals surface area contributed by atoms with Crippen LogP contribution in [-0.4, -0.2) is 17.0 Å². The Bertz CT molecular complexity index is 619. The van der Waals surface area contributed by atoms with Crippen LogP contribution in [0, 0.1) is 0 Å². The highest BCUT2D eigenvalue weighted by molar-refractivity contribution is 9.10. The number of pyridine rings is 1. The van der Waals surface area contributed by atoms with Crippen LogP contribution in [0.4, 0.5) is 11.4 Å². The Balaban J connectivity index is 2.01. The van der Waals surface area contributed by atoms with Crippen molar-refractivity contribution < 1.29 is 9.53 Å². The van der Waals surface area contributed by atoms with Gasteiger partial charge in [0.1, 0.15) is 5.75 Å². The van der Waals surface area contributed by atoms with E-state index in [2.05, 4.69) is 26.2 Å². The highest BCUT2D eigenvalue weighted by Crippen LogP contribution is 2.19. The summed E-state index contributed by atoms with van der Waals surface area (Å²) < 4.78 is 6.31. The molecule has 104 valence electrons. The van der Waals surface area contributed by atoms with Gasteiger partial charge in [-0.2, -0.15) is 0 Å². The molecular weight excluding hydrogens is 322 g/mol. The van der Waals surface area contributed by atoms with Gasteiger partial charge in [0.05, 0.1) is 17.6 Å². The van der Waals surface area contributed by atoms with Gasteiger partial charge in [-0.25, -0.2) is 0 Å². The fourth-order valence-corrected chi connectivity index (χ4v) is 1.90. The molecule has 1 heterocycles. The van der Waals surface area contributed by atoms with Gasteiger partial charge in [0.25, 0.3) is 5.91 Å². The maximum atomic E-state index is 12.0. The quantitative estimate of drug-likeness (QED) is 0.842. The average molecular weight is 336 g/mol. The van der Waals surface area contributed by atoms with Crippen molar-refractivity contribution in [3.05, 3.63) is 47.2 Å². The number of amides is 1. The Kier molecular flexibility index (Phi) is 4.57. The SMILES string of the molecule is CC(Oc1cncc(Br)c1)C(=O)Nc1ccccc1N. The van der Waals surface area contributed by atoms with Crippen molar-refractivity contribution in [1.29, 1.82) is 0 Å². The van der Waals surface area contributed by atoms with Gasteiger partial charge in [-0.3, -0.25) is 9.78 Å². The first-order chi connectivity index (χ1) is 9.56. The summed E-state index contributed by atoms with van der Waals surface area (Å²) in [7, 11) is 0. The van der Waals surface area contributed by atoms with Crippen molar-refractivity contribution in [2.45, 2.75) is 13.0 Å². The zero-order valence-corrected chi connectivity index (χ0v) is 12.4. The minimum Gasteiger partial charge on any atom is -0.479 e. The van der Waals surface area contributed by atoms with E-state index in [0.717, 1.165) is 4.47 Å². The minimum atomic E-state index is -0.661. The molecule has 0 radical (unpaired) electrons. The molecule has 20 heavy (non-hydrogen) atoms. The first-order valence-corrected chi connectivity index (χ1v) is 6.78. The molecular formula is C14H14BrN3O2. The average Bonchev–Trinajstić information content (AvgIpc) is 2.41. The Morgan fingerprint density at radius 3 is 2.85 bits per heavy atom. The lowest BCUT2D eigenvalue weighted by Crippen LogP contribution is -2.30. The lowest BCUT2D eigenvalue weighted by molar-refractivity contribution is -0.122. The molecule has 0 bridgehead atoms. The molecule has 0 spiro atoms. The summed E-state index contributed by atoms with van der Waals surface area (Å²) in [6.45, 7) is 1.66. The van der Waals surface area contributed by atoms with Crippen LogP contribution >= 0.6 is 15.9 Å². The number of carbonyl (C=O) groups excluding carboxylic acids is 1. The molecule has 1 unspecified atom stereocenters. The van der Waals surface area contributed by atoms with E-state index in [9.17, 15) is 4.79 Å². The standard InChI is InChI=1S/C14H14BrN3O2/c1-9(20-11-6-10(15)7-17-8-11)14(19)18-13-5-3-2-4-12(13)16/h2-9H,16H2,1H3,(H,18,19). The Morgan fingerprint density at radius 2 is 2.15 bits per heavy atom. The molecule has 1 atom stereocenters. The number of hydrogen-bond donors (Lipinski definition) is 2. The molecule has 1 aromatic carbocycles. The number of ether oxygens (including phenoxy) is 1. The van der Waals surface area contributed by atoms with Crippen LogP contribution in [-0.2, 0) is 4.79 Å². The normalized spacial score (nSPS) is 11.7. The predicted molar refractivity (Wildman–Crippen MR) is 81.5 cm³/mol. The van der Waals surface area contributed by atoms with E-state index >= 15 is 0 Å². The van der Waals surface area contributed by atoms with Crippen LogP contribution < -0.4 is 15.8 Å². The summed E-state index contributed by atoms with van der Waals surface area (Å²) in [5, 5.41) is 2.72. The monoisotopic (exact) mass is 335 g/mol. The van der Waals surface area contributed by atoms with E-state index in [1.165, 1.54) is 0 Å². The van der Waals surface area contributed by atoms with Crippen molar-refractivity contribution in [2.75, 3.05) is 11.1 Å². The third kappa shape index (κ3) is 3.71. The molecule has 0 saturated carbocycles. The number of carbonyl (C=O) groups is 1. The molecule has 2 aromatic rings. The van der Waals surface area contributed by atoms with Gasteiger partial charge in [0.15, 0.2) is 6.10 Å². The Labute approximate surface area is 125 Å². The minimum absolute atomic E-state index is 0.275. The molecule has 0 aliphatic heterocycles. The van der Waals surface area contributed by atoms with Crippen LogP contribution in [0.15, 0.2) is 47.2 Å². The largest absolute Gasteiger partial charge is 0.479 e. The fraction of sp³-hybridized carbons (Fsp3) is 0.143. The molecule has 0 aliphatic rings. The summed E-state index contributed by atoms with van der Waals surface area (Å²) >= 11 is 3.29. The summed E-state index contributed by atoms with van der Waals surface area (Å²) in [6.07, 6.45) is 2.53. The van der Waals surface area contributed by atoms with Gasteiger partial charge in [-0.15, -0.1) is 0 Å². The molecule has 1 aromatic heterocycles. The topological polar surface area (TPSA) is 77.2 Å². The van der Waals surface area contributed by atoms with E-state index in [-0.39, 0.29) is 5.91 Å². The van der Waals surface area contributed by atoms with Gasteiger partial charge in [0, 0.05) is 10.7 Å². The van der Waals surface area contributed by atoms with Crippen molar-refractivity contribution in [3.63, 3.8) is 0 Å².